The summed E-state index contributed by atoms with van der Waals surface area (Å²) in [5.41, 5.74) is 4.10. The molecule has 0 aliphatic carbocycles. The minimum atomic E-state index is -0.347. The summed E-state index contributed by atoms with van der Waals surface area (Å²) in [5.74, 6) is -0.347. The van der Waals surface area contributed by atoms with Gasteiger partial charge in [0.1, 0.15) is 4.88 Å². The normalized spacial score (nSPS) is 11.7. The minimum absolute atomic E-state index is 0.347. The molecule has 3 aromatic rings. The van der Waals surface area contributed by atoms with E-state index in [-0.39, 0.29) is 5.91 Å². The van der Waals surface area contributed by atoms with Crippen LogP contribution in [-0.4, -0.2) is 16.6 Å². The Morgan fingerprint density at radius 3 is 2.70 bits per heavy atom. The van der Waals surface area contributed by atoms with Gasteiger partial charge in [-0.2, -0.15) is 5.10 Å². The lowest BCUT2D eigenvalue weighted by Gasteiger charge is -2.01. The third-order valence-electron chi connectivity index (χ3n) is 3.22. The van der Waals surface area contributed by atoms with Gasteiger partial charge in [-0.25, -0.2) is 5.43 Å². The van der Waals surface area contributed by atoms with Crippen LogP contribution in [0, 0.1) is 0 Å². The van der Waals surface area contributed by atoms with Gasteiger partial charge in [0.05, 0.1) is 10.7 Å². The summed E-state index contributed by atoms with van der Waals surface area (Å²) in [6.45, 7) is 1.81. The molecule has 23 heavy (non-hydrogen) atoms. The summed E-state index contributed by atoms with van der Waals surface area (Å²) in [4.78, 5) is 16.7. The molecule has 7 heteroatoms. The van der Waals surface area contributed by atoms with Crippen LogP contribution in [0.5, 0.6) is 0 Å². The van der Waals surface area contributed by atoms with Crippen LogP contribution in [0.4, 0.5) is 0 Å². The predicted octanol–water partition coefficient (Wildman–Crippen LogP) is 4.76. The van der Waals surface area contributed by atoms with E-state index < -0.39 is 0 Å². The molecule has 0 unspecified atom stereocenters. The van der Waals surface area contributed by atoms with Crippen LogP contribution in [0.3, 0.4) is 0 Å². The van der Waals surface area contributed by atoms with Crippen LogP contribution in [0.2, 0.25) is 10.0 Å². The number of carbonyl (C=O) groups excluding carboxylic acids is 1. The molecule has 0 bridgehead atoms. The van der Waals surface area contributed by atoms with Crippen LogP contribution < -0.4 is 5.43 Å². The fourth-order valence-electron chi connectivity index (χ4n) is 2.03. The van der Waals surface area contributed by atoms with Crippen molar-refractivity contribution in [2.24, 2.45) is 5.10 Å². The van der Waals surface area contributed by atoms with E-state index in [9.17, 15) is 4.79 Å². The zero-order chi connectivity index (χ0) is 16.4. The maximum Gasteiger partial charge on any atom is 0.283 e. The summed E-state index contributed by atoms with van der Waals surface area (Å²) >= 11 is 13.5. The van der Waals surface area contributed by atoms with E-state index in [1.165, 1.54) is 11.3 Å². The number of nitrogens with one attached hydrogen (secondary N) is 1. The van der Waals surface area contributed by atoms with Gasteiger partial charge >= 0.3 is 0 Å². The first kappa shape index (κ1) is 15.9. The fourth-order valence-corrected chi connectivity index (χ4v) is 3.71. The Balaban J connectivity index is 1.85. The largest absolute Gasteiger partial charge is 0.283 e. The standard InChI is InChI=1S/C16H11Cl2N3OS/c1-9(10-4-6-19-7-5-10)20-21-16(22)15-14(18)12-3-2-11(17)8-13(12)23-15/h2-8H,1H3,(H,21,22). The number of benzene rings is 1. The quantitative estimate of drug-likeness (QED) is 0.538. The van der Waals surface area contributed by atoms with Gasteiger partial charge in [0.2, 0.25) is 0 Å². The Morgan fingerprint density at radius 2 is 1.96 bits per heavy atom. The number of hydrazone groups is 1. The summed E-state index contributed by atoms with van der Waals surface area (Å²) in [6, 6.07) is 8.98. The number of halogens is 2. The average molecular weight is 364 g/mol. The van der Waals surface area contributed by atoms with Gasteiger partial charge in [-0.1, -0.05) is 29.3 Å². The zero-order valence-corrected chi connectivity index (χ0v) is 14.3. The second-order valence-corrected chi connectivity index (χ2v) is 6.63. The lowest BCUT2D eigenvalue weighted by Crippen LogP contribution is -2.18. The molecule has 116 valence electrons. The van der Waals surface area contributed by atoms with E-state index in [1.54, 1.807) is 30.6 Å². The number of thiophene rings is 1. The van der Waals surface area contributed by atoms with Crippen LogP contribution in [0.1, 0.15) is 22.2 Å². The molecule has 0 spiro atoms. The fraction of sp³-hybridized carbons (Fsp3) is 0.0625. The maximum atomic E-state index is 12.3. The Hall–Kier alpha value is -1.95. The van der Waals surface area contributed by atoms with Gasteiger partial charge in [0.15, 0.2) is 0 Å². The highest BCUT2D eigenvalue weighted by molar-refractivity contribution is 7.21. The molecule has 0 atom stereocenters. The third kappa shape index (κ3) is 3.37. The van der Waals surface area contributed by atoms with Gasteiger partial charge in [0.25, 0.3) is 5.91 Å². The highest BCUT2D eigenvalue weighted by Gasteiger charge is 2.17. The lowest BCUT2D eigenvalue weighted by molar-refractivity contribution is 0.0959. The van der Waals surface area contributed by atoms with Crippen molar-refractivity contribution in [3.8, 4) is 0 Å². The topological polar surface area (TPSA) is 54.4 Å². The first-order valence-electron chi connectivity index (χ1n) is 6.69. The zero-order valence-electron chi connectivity index (χ0n) is 12.0. The molecule has 0 aliphatic rings. The van der Waals surface area contributed by atoms with Crippen molar-refractivity contribution in [2.75, 3.05) is 0 Å². The van der Waals surface area contributed by atoms with Gasteiger partial charge < -0.3 is 0 Å². The molecular formula is C16H11Cl2N3OS. The van der Waals surface area contributed by atoms with E-state index >= 15 is 0 Å². The Morgan fingerprint density at radius 1 is 1.22 bits per heavy atom. The first-order chi connectivity index (χ1) is 11.1. The lowest BCUT2D eigenvalue weighted by atomic mass is 10.2. The highest BCUT2D eigenvalue weighted by atomic mass is 35.5. The number of carbonyl (C=O) groups is 1. The number of pyridine rings is 1. The number of hydrogen-bond donors (Lipinski definition) is 1. The van der Waals surface area contributed by atoms with Gasteiger partial charge in [-0.15, -0.1) is 11.3 Å². The monoisotopic (exact) mass is 363 g/mol. The summed E-state index contributed by atoms with van der Waals surface area (Å²) in [5, 5.41) is 5.94. The van der Waals surface area contributed by atoms with Crippen molar-refractivity contribution in [3.05, 3.63) is 63.2 Å². The number of hydrogen-bond acceptors (Lipinski definition) is 4. The van der Waals surface area contributed by atoms with Gasteiger partial charge in [-0.3, -0.25) is 9.78 Å². The summed E-state index contributed by atoms with van der Waals surface area (Å²) in [7, 11) is 0. The van der Waals surface area contributed by atoms with E-state index in [0.29, 0.717) is 20.6 Å². The molecule has 0 fully saturated rings. The summed E-state index contributed by atoms with van der Waals surface area (Å²) < 4.78 is 0.863. The van der Waals surface area contributed by atoms with Crippen molar-refractivity contribution in [2.45, 2.75) is 6.92 Å². The molecule has 1 amide bonds. The van der Waals surface area contributed by atoms with E-state index in [2.05, 4.69) is 15.5 Å². The van der Waals surface area contributed by atoms with E-state index in [0.717, 1.165) is 15.6 Å². The number of rotatable bonds is 3. The molecule has 4 nitrogen and oxygen atoms in total. The number of nitrogens with zero attached hydrogens (tertiary/aromatic N) is 2. The SMILES string of the molecule is CC(=NNC(=O)c1sc2cc(Cl)ccc2c1Cl)c1ccncc1. The van der Waals surface area contributed by atoms with Crippen molar-refractivity contribution >= 4 is 56.2 Å². The first-order valence-corrected chi connectivity index (χ1v) is 8.26. The average Bonchev–Trinajstić information content (AvgIpc) is 2.89. The number of aromatic nitrogens is 1. The molecule has 2 aromatic heterocycles. The van der Waals surface area contributed by atoms with Gasteiger partial charge in [-0.05, 0) is 31.2 Å². The van der Waals surface area contributed by atoms with E-state index in [1.807, 2.05) is 19.1 Å². The van der Waals surface area contributed by atoms with Crippen molar-refractivity contribution in [1.29, 1.82) is 0 Å². The number of fused-ring (bicyclic) bond motifs is 1. The molecule has 0 saturated carbocycles. The van der Waals surface area contributed by atoms with Crippen LogP contribution in [0.25, 0.3) is 10.1 Å². The third-order valence-corrected chi connectivity index (χ3v) is 5.11. The predicted molar refractivity (Wildman–Crippen MR) is 95.8 cm³/mol. The van der Waals surface area contributed by atoms with Crippen LogP contribution in [-0.2, 0) is 0 Å². The second kappa shape index (κ2) is 6.66. The Bertz CT molecular complexity index is 906. The molecular weight excluding hydrogens is 353 g/mol. The van der Waals surface area contributed by atoms with Crippen molar-refractivity contribution in [1.82, 2.24) is 10.4 Å². The molecule has 2 heterocycles. The van der Waals surface area contributed by atoms with Gasteiger partial charge in [0, 0.05) is 33.1 Å². The van der Waals surface area contributed by atoms with Crippen LogP contribution >= 0.6 is 34.5 Å². The second-order valence-electron chi connectivity index (χ2n) is 4.76. The van der Waals surface area contributed by atoms with Crippen molar-refractivity contribution < 1.29 is 4.79 Å². The molecule has 1 N–H and O–H groups in total. The molecule has 1 aromatic carbocycles. The molecule has 0 aliphatic heterocycles. The molecule has 0 saturated heterocycles. The summed E-state index contributed by atoms with van der Waals surface area (Å²) in [6.07, 6.45) is 3.34. The smallest absolute Gasteiger partial charge is 0.266 e. The molecule has 0 radical (unpaired) electrons. The Labute approximate surface area is 146 Å². The maximum absolute atomic E-state index is 12.3. The number of amides is 1. The van der Waals surface area contributed by atoms with E-state index in [4.69, 9.17) is 23.2 Å². The highest BCUT2D eigenvalue weighted by Crippen LogP contribution is 2.36. The molecule has 3 rings (SSSR count). The van der Waals surface area contributed by atoms with Crippen LogP contribution in [0.15, 0.2) is 47.8 Å². The Kier molecular flexibility index (Phi) is 4.61. The minimum Gasteiger partial charge on any atom is -0.266 e. The van der Waals surface area contributed by atoms with Crippen molar-refractivity contribution in [3.63, 3.8) is 0 Å².